The number of aryl methyl sites for hydroxylation is 1. The minimum Gasteiger partial charge on any atom is -0.339 e. The zero-order valence-corrected chi connectivity index (χ0v) is 11.0. The van der Waals surface area contributed by atoms with Crippen LogP contribution in [0.1, 0.15) is 41.7 Å². The lowest BCUT2D eigenvalue weighted by atomic mass is 10.1. The molecule has 1 aromatic heterocycles. The van der Waals surface area contributed by atoms with Crippen LogP contribution < -0.4 is 0 Å². The number of nitrogens with zero attached hydrogens (tertiary/aromatic N) is 2. The van der Waals surface area contributed by atoms with Gasteiger partial charge in [-0.05, 0) is 31.9 Å². The molecule has 0 N–H and O–H groups in total. The van der Waals surface area contributed by atoms with Crippen molar-refractivity contribution >= 4 is 17.5 Å². The molecule has 1 heterocycles. The monoisotopic (exact) mass is 252 g/mol. The van der Waals surface area contributed by atoms with E-state index in [0.717, 1.165) is 18.5 Å². The molecule has 0 radical (unpaired) electrons. The van der Waals surface area contributed by atoms with Crippen LogP contribution in [0.4, 0.5) is 0 Å². The maximum Gasteiger partial charge on any atom is 0.254 e. The lowest BCUT2D eigenvalue weighted by Crippen LogP contribution is -2.35. The van der Waals surface area contributed by atoms with Crippen molar-refractivity contribution < 1.29 is 4.79 Å². The highest BCUT2D eigenvalue weighted by molar-refractivity contribution is 6.29. The minimum absolute atomic E-state index is 0.0456. The SMILES string of the molecule is Cc1cc(C(=O)N(C)C2CCCC2)cc(Cl)n1. The standard InChI is InChI=1S/C13H17ClN2O/c1-9-7-10(8-12(14)15-9)13(17)16(2)11-5-3-4-6-11/h7-8,11H,3-6H2,1-2H3. The highest BCUT2D eigenvalue weighted by Crippen LogP contribution is 2.24. The second-order valence-corrected chi connectivity index (χ2v) is 5.06. The van der Waals surface area contributed by atoms with Gasteiger partial charge in [0, 0.05) is 24.3 Å². The number of rotatable bonds is 2. The van der Waals surface area contributed by atoms with Gasteiger partial charge in [-0.2, -0.15) is 0 Å². The predicted molar refractivity (Wildman–Crippen MR) is 68.3 cm³/mol. The average molecular weight is 253 g/mol. The summed E-state index contributed by atoms with van der Waals surface area (Å²) in [6, 6.07) is 3.82. The molecule has 0 saturated heterocycles. The molecule has 1 fully saturated rings. The Bertz CT molecular complexity index is 407. The molecule has 17 heavy (non-hydrogen) atoms. The fraction of sp³-hybridized carbons (Fsp3) is 0.538. The van der Waals surface area contributed by atoms with Gasteiger partial charge in [0.25, 0.3) is 5.91 Å². The number of hydrogen-bond acceptors (Lipinski definition) is 2. The maximum atomic E-state index is 12.3. The van der Waals surface area contributed by atoms with E-state index in [1.807, 2.05) is 18.9 Å². The van der Waals surface area contributed by atoms with Crippen molar-refractivity contribution in [1.82, 2.24) is 9.88 Å². The highest BCUT2D eigenvalue weighted by atomic mass is 35.5. The van der Waals surface area contributed by atoms with Crippen molar-refractivity contribution in [1.29, 1.82) is 0 Å². The van der Waals surface area contributed by atoms with Gasteiger partial charge in [0.15, 0.2) is 0 Å². The third-order valence-electron chi connectivity index (χ3n) is 3.36. The summed E-state index contributed by atoms with van der Waals surface area (Å²) in [5.41, 5.74) is 1.41. The van der Waals surface area contributed by atoms with Crippen molar-refractivity contribution in [2.45, 2.75) is 38.6 Å². The molecule has 1 saturated carbocycles. The van der Waals surface area contributed by atoms with E-state index < -0.39 is 0 Å². The summed E-state index contributed by atoms with van der Waals surface area (Å²) < 4.78 is 0. The van der Waals surface area contributed by atoms with Crippen LogP contribution in [0.2, 0.25) is 5.15 Å². The molecule has 0 unspecified atom stereocenters. The molecular weight excluding hydrogens is 236 g/mol. The summed E-state index contributed by atoms with van der Waals surface area (Å²) in [4.78, 5) is 18.2. The molecular formula is C13H17ClN2O. The quantitative estimate of drug-likeness (QED) is 0.758. The van der Waals surface area contributed by atoms with Gasteiger partial charge in [0.1, 0.15) is 5.15 Å². The van der Waals surface area contributed by atoms with E-state index in [1.165, 1.54) is 12.8 Å². The lowest BCUT2D eigenvalue weighted by Gasteiger charge is -2.24. The molecule has 1 aliphatic rings. The fourth-order valence-corrected chi connectivity index (χ4v) is 2.66. The van der Waals surface area contributed by atoms with Crippen molar-refractivity contribution in [2.75, 3.05) is 7.05 Å². The van der Waals surface area contributed by atoms with E-state index in [2.05, 4.69) is 4.98 Å². The van der Waals surface area contributed by atoms with Crippen LogP contribution in [0, 0.1) is 6.92 Å². The topological polar surface area (TPSA) is 33.2 Å². The summed E-state index contributed by atoms with van der Waals surface area (Å²) in [5, 5.41) is 0.383. The molecule has 3 nitrogen and oxygen atoms in total. The van der Waals surface area contributed by atoms with Crippen LogP contribution in [-0.4, -0.2) is 28.9 Å². The zero-order valence-electron chi connectivity index (χ0n) is 10.2. The molecule has 2 rings (SSSR count). The summed E-state index contributed by atoms with van der Waals surface area (Å²) in [5.74, 6) is 0.0456. The number of carbonyl (C=O) groups is 1. The Kier molecular flexibility index (Phi) is 3.67. The van der Waals surface area contributed by atoms with Crippen LogP contribution >= 0.6 is 11.6 Å². The fourth-order valence-electron chi connectivity index (χ4n) is 2.41. The van der Waals surface area contributed by atoms with Gasteiger partial charge in [0.2, 0.25) is 0 Å². The molecule has 92 valence electrons. The van der Waals surface area contributed by atoms with E-state index in [-0.39, 0.29) is 5.91 Å². The van der Waals surface area contributed by atoms with Gasteiger partial charge in [-0.15, -0.1) is 0 Å². The van der Waals surface area contributed by atoms with Crippen LogP contribution in [-0.2, 0) is 0 Å². The molecule has 0 aliphatic heterocycles. The van der Waals surface area contributed by atoms with Gasteiger partial charge >= 0.3 is 0 Å². The van der Waals surface area contributed by atoms with Crippen LogP contribution in [0.15, 0.2) is 12.1 Å². The first-order chi connectivity index (χ1) is 8.08. The summed E-state index contributed by atoms with van der Waals surface area (Å²) in [6.45, 7) is 1.85. The Labute approximate surface area is 107 Å². The zero-order chi connectivity index (χ0) is 12.4. The third kappa shape index (κ3) is 2.78. The van der Waals surface area contributed by atoms with Gasteiger partial charge in [-0.1, -0.05) is 24.4 Å². The van der Waals surface area contributed by atoms with E-state index in [4.69, 9.17) is 11.6 Å². The Hall–Kier alpha value is -1.09. The molecule has 0 bridgehead atoms. The summed E-state index contributed by atoms with van der Waals surface area (Å²) >= 11 is 5.88. The molecule has 1 aliphatic carbocycles. The number of hydrogen-bond donors (Lipinski definition) is 0. The first-order valence-corrected chi connectivity index (χ1v) is 6.37. The van der Waals surface area contributed by atoms with Gasteiger partial charge < -0.3 is 4.90 Å². The lowest BCUT2D eigenvalue weighted by molar-refractivity contribution is 0.0735. The van der Waals surface area contributed by atoms with Crippen molar-refractivity contribution in [2.24, 2.45) is 0 Å². The second-order valence-electron chi connectivity index (χ2n) is 4.67. The first-order valence-electron chi connectivity index (χ1n) is 5.99. The minimum atomic E-state index is 0.0456. The van der Waals surface area contributed by atoms with Crippen LogP contribution in [0.5, 0.6) is 0 Å². The van der Waals surface area contributed by atoms with E-state index >= 15 is 0 Å². The van der Waals surface area contributed by atoms with Gasteiger partial charge in [-0.25, -0.2) is 4.98 Å². The molecule has 0 aromatic carbocycles. The Morgan fingerprint density at radius 1 is 1.41 bits per heavy atom. The number of carbonyl (C=O) groups excluding carboxylic acids is 1. The summed E-state index contributed by atoms with van der Waals surface area (Å²) in [6.07, 6.45) is 4.66. The smallest absolute Gasteiger partial charge is 0.254 e. The van der Waals surface area contributed by atoms with Crippen molar-refractivity contribution in [3.05, 3.63) is 28.5 Å². The Morgan fingerprint density at radius 3 is 2.65 bits per heavy atom. The van der Waals surface area contributed by atoms with E-state index in [0.29, 0.717) is 16.8 Å². The van der Waals surface area contributed by atoms with E-state index in [1.54, 1.807) is 12.1 Å². The maximum absolute atomic E-state index is 12.3. The third-order valence-corrected chi connectivity index (χ3v) is 3.56. The normalized spacial score (nSPS) is 16.2. The highest BCUT2D eigenvalue weighted by Gasteiger charge is 2.24. The molecule has 1 aromatic rings. The molecule has 1 amide bonds. The van der Waals surface area contributed by atoms with E-state index in [9.17, 15) is 4.79 Å². The molecule has 0 spiro atoms. The number of halogens is 1. The number of pyridine rings is 1. The average Bonchev–Trinajstić information content (AvgIpc) is 2.79. The second kappa shape index (κ2) is 5.05. The Morgan fingerprint density at radius 2 is 2.06 bits per heavy atom. The van der Waals surface area contributed by atoms with Gasteiger partial charge in [0.05, 0.1) is 0 Å². The van der Waals surface area contributed by atoms with Crippen LogP contribution in [0.3, 0.4) is 0 Å². The number of amides is 1. The van der Waals surface area contributed by atoms with Crippen molar-refractivity contribution in [3.8, 4) is 0 Å². The first kappa shape index (κ1) is 12.4. The van der Waals surface area contributed by atoms with Gasteiger partial charge in [-0.3, -0.25) is 4.79 Å². The summed E-state index contributed by atoms with van der Waals surface area (Å²) in [7, 11) is 1.88. The number of aromatic nitrogens is 1. The van der Waals surface area contributed by atoms with Crippen molar-refractivity contribution in [3.63, 3.8) is 0 Å². The largest absolute Gasteiger partial charge is 0.339 e. The molecule has 4 heteroatoms. The predicted octanol–water partition coefficient (Wildman–Crippen LogP) is 3.06. The van der Waals surface area contributed by atoms with Crippen LogP contribution in [0.25, 0.3) is 0 Å². The molecule has 0 atom stereocenters. The Balaban J connectivity index is 2.17.